The quantitative estimate of drug-likeness (QED) is 0.662. The van der Waals surface area contributed by atoms with Gasteiger partial charge in [0.2, 0.25) is 21.8 Å². The predicted octanol–water partition coefficient (Wildman–Crippen LogP) is 0.0707. The summed E-state index contributed by atoms with van der Waals surface area (Å²) < 4.78 is 28.7. The van der Waals surface area contributed by atoms with Gasteiger partial charge in [-0.2, -0.15) is 0 Å². The van der Waals surface area contributed by atoms with Crippen molar-refractivity contribution in [2.75, 3.05) is 26.2 Å². The Balaban J connectivity index is 1.26. The van der Waals surface area contributed by atoms with Crippen LogP contribution in [0.4, 0.5) is 0 Å². The molecule has 1 aromatic carbocycles. The molecule has 11 heteroatoms. The molecule has 2 aliphatic heterocycles. The number of aromatic nitrogens is 3. The van der Waals surface area contributed by atoms with E-state index in [0.717, 1.165) is 24.2 Å². The average Bonchev–Trinajstić information content (AvgIpc) is 3.29. The zero-order valence-electron chi connectivity index (χ0n) is 16.7. The number of carbonyl (C=O) groups is 2. The third-order valence-electron chi connectivity index (χ3n) is 5.38. The SMILES string of the molecule is Cc1cccc(S(=O)(=O)NCC(=O)N2CC(n3cc(CN4CCCC4=O)nn3)C2)c1. The van der Waals surface area contributed by atoms with E-state index in [9.17, 15) is 18.0 Å². The van der Waals surface area contributed by atoms with Crippen molar-refractivity contribution in [3.63, 3.8) is 0 Å². The summed E-state index contributed by atoms with van der Waals surface area (Å²) in [5.41, 5.74) is 1.55. The number of likely N-dealkylation sites (tertiary alicyclic amines) is 2. The molecule has 3 heterocycles. The first-order chi connectivity index (χ1) is 14.3. The fourth-order valence-corrected chi connectivity index (χ4v) is 4.67. The Hall–Kier alpha value is -2.79. The van der Waals surface area contributed by atoms with E-state index in [1.807, 2.05) is 13.0 Å². The average molecular weight is 433 g/mol. The Labute approximate surface area is 174 Å². The van der Waals surface area contributed by atoms with Crippen LogP contribution in [-0.2, 0) is 26.2 Å². The van der Waals surface area contributed by atoms with E-state index in [2.05, 4.69) is 15.0 Å². The van der Waals surface area contributed by atoms with E-state index in [4.69, 9.17) is 0 Å². The lowest BCUT2D eigenvalue weighted by Crippen LogP contribution is -2.53. The first kappa shape index (κ1) is 20.5. The molecule has 1 N–H and O–H groups in total. The fraction of sp³-hybridized carbons (Fsp3) is 0.474. The molecule has 30 heavy (non-hydrogen) atoms. The van der Waals surface area contributed by atoms with Crippen molar-refractivity contribution in [2.45, 2.75) is 37.2 Å². The number of nitrogens with zero attached hydrogens (tertiary/aromatic N) is 5. The number of amides is 2. The topological polar surface area (TPSA) is 118 Å². The van der Waals surface area contributed by atoms with Gasteiger partial charge in [-0.05, 0) is 31.0 Å². The van der Waals surface area contributed by atoms with Gasteiger partial charge in [0.15, 0.2) is 0 Å². The lowest BCUT2D eigenvalue weighted by molar-refractivity contribution is -0.135. The van der Waals surface area contributed by atoms with Gasteiger partial charge in [0.25, 0.3) is 0 Å². The second-order valence-corrected chi connectivity index (χ2v) is 9.47. The van der Waals surface area contributed by atoms with Crippen LogP contribution in [0.2, 0.25) is 0 Å². The molecule has 0 aliphatic carbocycles. The monoisotopic (exact) mass is 432 g/mol. The van der Waals surface area contributed by atoms with Gasteiger partial charge in [-0.1, -0.05) is 17.3 Å². The van der Waals surface area contributed by atoms with Crippen LogP contribution < -0.4 is 4.72 Å². The van der Waals surface area contributed by atoms with Gasteiger partial charge in [0.05, 0.1) is 30.2 Å². The number of hydrogen-bond acceptors (Lipinski definition) is 6. The standard InChI is InChI=1S/C19H24N6O4S/c1-14-4-2-5-17(8-14)30(28,29)20-9-19(27)24-12-16(13-24)25-11-15(21-22-25)10-23-7-3-6-18(23)26/h2,4-5,8,11,16,20H,3,6-7,9-10,12-13H2,1H3. The molecule has 2 amide bonds. The molecule has 2 fully saturated rings. The number of benzene rings is 1. The van der Waals surface area contributed by atoms with E-state index < -0.39 is 10.0 Å². The molecule has 2 saturated heterocycles. The lowest BCUT2D eigenvalue weighted by atomic mass is 10.1. The zero-order chi connectivity index (χ0) is 21.3. The Morgan fingerprint density at radius 2 is 2.10 bits per heavy atom. The number of carbonyl (C=O) groups excluding carboxylic acids is 2. The third-order valence-corrected chi connectivity index (χ3v) is 6.78. The van der Waals surface area contributed by atoms with Gasteiger partial charge in [0, 0.05) is 26.1 Å². The van der Waals surface area contributed by atoms with Crippen LogP contribution >= 0.6 is 0 Å². The van der Waals surface area contributed by atoms with Crippen molar-refractivity contribution < 1.29 is 18.0 Å². The number of aryl methyl sites for hydroxylation is 1. The summed E-state index contributed by atoms with van der Waals surface area (Å²) in [5.74, 6) is -0.149. The first-order valence-corrected chi connectivity index (χ1v) is 11.3. The van der Waals surface area contributed by atoms with Crippen LogP contribution in [0.25, 0.3) is 0 Å². The summed E-state index contributed by atoms with van der Waals surface area (Å²) in [6.45, 7) is 3.60. The summed E-state index contributed by atoms with van der Waals surface area (Å²) in [6.07, 6.45) is 3.26. The smallest absolute Gasteiger partial charge is 0.241 e. The highest BCUT2D eigenvalue weighted by atomic mass is 32.2. The van der Waals surface area contributed by atoms with Crippen molar-refractivity contribution in [3.05, 3.63) is 41.7 Å². The first-order valence-electron chi connectivity index (χ1n) is 9.84. The molecule has 0 bridgehead atoms. The molecule has 2 aromatic rings. The van der Waals surface area contributed by atoms with Gasteiger partial charge in [0.1, 0.15) is 5.69 Å². The van der Waals surface area contributed by atoms with E-state index >= 15 is 0 Å². The van der Waals surface area contributed by atoms with Crippen LogP contribution in [0.15, 0.2) is 35.4 Å². The van der Waals surface area contributed by atoms with Crippen molar-refractivity contribution in [1.82, 2.24) is 29.5 Å². The molecule has 1 aromatic heterocycles. The predicted molar refractivity (Wildman–Crippen MR) is 107 cm³/mol. The molecule has 0 radical (unpaired) electrons. The minimum Gasteiger partial charge on any atom is -0.337 e. The van der Waals surface area contributed by atoms with Crippen LogP contribution in [0, 0.1) is 6.92 Å². The minimum absolute atomic E-state index is 0.00198. The minimum atomic E-state index is -3.73. The summed E-state index contributed by atoms with van der Waals surface area (Å²) >= 11 is 0. The second kappa shape index (κ2) is 8.15. The molecule has 0 saturated carbocycles. The van der Waals surface area contributed by atoms with Crippen LogP contribution in [0.3, 0.4) is 0 Å². The van der Waals surface area contributed by atoms with Gasteiger partial charge in [-0.3, -0.25) is 9.59 Å². The highest BCUT2D eigenvalue weighted by molar-refractivity contribution is 7.89. The largest absolute Gasteiger partial charge is 0.337 e. The number of sulfonamides is 1. The van der Waals surface area contributed by atoms with Crippen molar-refractivity contribution in [1.29, 1.82) is 0 Å². The number of nitrogens with one attached hydrogen (secondary N) is 1. The van der Waals surface area contributed by atoms with E-state index in [0.29, 0.717) is 26.1 Å². The Kier molecular flexibility index (Phi) is 5.56. The van der Waals surface area contributed by atoms with Gasteiger partial charge >= 0.3 is 0 Å². The van der Waals surface area contributed by atoms with Gasteiger partial charge < -0.3 is 9.80 Å². The lowest BCUT2D eigenvalue weighted by Gasteiger charge is -2.38. The molecular weight excluding hydrogens is 408 g/mol. The normalized spacial score (nSPS) is 17.4. The molecule has 2 aliphatic rings. The van der Waals surface area contributed by atoms with Crippen molar-refractivity contribution >= 4 is 21.8 Å². The maximum atomic E-state index is 12.3. The molecular formula is C19H24N6O4S. The molecule has 0 spiro atoms. The summed E-state index contributed by atoms with van der Waals surface area (Å²) in [6, 6.07) is 6.53. The van der Waals surface area contributed by atoms with E-state index in [1.165, 1.54) is 6.07 Å². The summed E-state index contributed by atoms with van der Waals surface area (Å²) in [7, 11) is -3.73. The van der Waals surface area contributed by atoms with Crippen LogP contribution in [-0.4, -0.2) is 71.2 Å². The Bertz CT molecular complexity index is 1060. The summed E-state index contributed by atoms with van der Waals surface area (Å²) in [4.78, 5) is 27.5. The molecule has 10 nitrogen and oxygen atoms in total. The molecule has 160 valence electrons. The van der Waals surface area contributed by atoms with E-state index in [-0.39, 0.29) is 29.3 Å². The molecule has 0 unspecified atom stereocenters. The molecule has 0 atom stereocenters. The Morgan fingerprint density at radius 3 is 2.80 bits per heavy atom. The zero-order valence-corrected chi connectivity index (χ0v) is 17.5. The highest BCUT2D eigenvalue weighted by Gasteiger charge is 2.33. The number of rotatable bonds is 7. The second-order valence-electron chi connectivity index (χ2n) is 7.70. The van der Waals surface area contributed by atoms with Gasteiger partial charge in [-0.15, -0.1) is 5.10 Å². The number of hydrogen-bond donors (Lipinski definition) is 1. The van der Waals surface area contributed by atoms with E-state index in [1.54, 1.807) is 32.8 Å². The van der Waals surface area contributed by atoms with Crippen LogP contribution in [0.5, 0.6) is 0 Å². The fourth-order valence-electron chi connectivity index (χ4n) is 3.59. The van der Waals surface area contributed by atoms with Crippen molar-refractivity contribution in [2.24, 2.45) is 0 Å². The van der Waals surface area contributed by atoms with Crippen molar-refractivity contribution in [3.8, 4) is 0 Å². The maximum absolute atomic E-state index is 12.3. The van der Waals surface area contributed by atoms with Gasteiger partial charge in [-0.25, -0.2) is 17.8 Å². The van der Waals surface area contributed by atoms with Crippen LogP contribution in [0.1, 0.15) is 30.1 Å². The maximum Gasteiger partial charge on any atom is 0.241 e. The molecule has 4 rings (SSSR count). The third kappa shape index (κ3) is 4.36. The highest BCUT2D eigenvalue weighted by Crippen LogP contribution is 2.21. The Morgan fingerprint density at radius 1 is 1.30 bits per heavy atom. The summed E-state index contributed by atoms with van der Waals surface area (Å²) in [5, 5.41) is 8.23.